The van der Waals surface area contributed by atoms with Crippen LogP contribution in [0, 0.1) is 5.92 Å². The highest BCUT2D eigenvalue weighted by Gasteiger charge is 2.26. The summed E-state index contributed by atoms with van der Waals surface area (Å²) in [4.78, 5) is 13.6. The molecule has 1 rings (SSSR count). The molecule has 1 heterocycles. The molecule has 0 aromatic heterocycles. The van der Waals surface area contributed by atoms with Gasteiger partial charge in [-0.05, 0) is 39.5 Å². The van der Waals surface area contributed by atoms with E-state index in [1.807, 2.05) is 25.7 Å². The Labute approximate surface area is 92.8 Å². The molecule has 0 saturated carbocycles. The molecule has 0 bridgehead atoms. The standard InChI is InChI=1S/C12H23NO2/c1-5-10-7-6-8-13(9-10)11(14)15-12(2,3)4/h10H,5-9H2,1-4H3/t10-/m1/s1. The fourth-order valence-electron chi connectivity index (χ4n) is 1.89. The van der Waals surface area contributed by atoms with Crippen molar-refractivity contribution in [2.45, 2.75) is 52.6 Å². The first-order valence-corrected chi connectivity index (χ1v) is 5.90. The summed E-state index contributed by atoms with van der Waals surface area (Å²) in [5.74, 6) is 0.659. The third-order valence-electron chi connectivity index (χ3n) is 2.75. The van der Waals surface area contributed by atoms with Gasteiger partial charge in [-0.15, -0.1) is 0 Å². The van der Waals surface area contributed by atoms with Crippen molar-refractivity contribution < 1.29 is 9.53 Å². The van der Waals surface area contributed by atoms with Gasteiger partial charge in [0.15, 0.2) is 0 Å². The fraction of sp³-hybridized carbons (Fsp3) is 0.917. The Morgan fingerprint density at radius 1 is 1.47 bits per heavy atom. The van der Waals surface area contributed by atoms with Gasteiger partial charge in [0, 0.05) is 13.1 Å². The van der Waals surface area contributed by atoms with Crippen LogP contribution >= 0.6 is 0 Å². The molecule has 0 unspecified atom stereocenters. The predicted octanol–water partition coefficient (Wildman–Crippen LogP) is 3.04. The number of carbonyl (C=O) groups excluding carboxylic acids is 1. The highest BCUT2D eigenvalue weighted by molar-refractivity contribution is 5.68. The van der Waals surface area contributed by atoms with Crippen molar-refractivity contribution in [3.63, 3.8) is 0 Å². The van der Waals surface area contributed by atoms with Crippen molar-refractivity contribution in [2.24, 2.45) is 5.92 Å². The maximum atomic E-state index is 11.8. The molecule has 88 valence electrons. The van der Waals surface area contributed by atoms with Gasteiger partial charge in [-0.1, -0.05) is 13.3 Å². The van der Waals surface area contributed by atoms with Crippen LogP contribution in [-0.2, 0) is 4.74 Å². The molecule has 3 heteroatoms. The van der Waals surface area contributed by atoms with Gasteiger partial charge in [-0.3, -0.25) is 0 Å². The van der Waals surface area contributed by atoms with Crippen LogP contribution in [0.15, 0.2) is 0 Å². The lowest BCUT2D eigenvalue weighted by Crippen LogP contribution is -2.42. The fourth-order valence-corrected chi connectivity index (χ4v) is 1.89. The molecule has 0 spiro atoms. The smallest absolute Gasteiger partial charge is 0.410 e. The molecule has 15 heavy (non-hydrogen) atoms. The molecule has 0 radical (unpaired) electrons. The van der Waals surface area contributed by atoms with E-state index >= 15 is 0 Å². The van der Waals surface area contributed by atoms with Gasteiger partial charge in [0.1, 0.15) is 5.60 Å². The summed E-state index contributed by atoms with van der Waals surface area (Å²) >= 11 is 0. The molecule has 0 aliphatic carbocycles. The number of ether oxygens (including phenoxy) is 1. The van der Waals surface area contributed by atoms with Crippen molar-refractivity contribution in [2.75, 3.05) is 13.1 Å². The summed E-state index contributed by atoms with van der Waals surface area (Å²) in [5.41, 5.74) is -0.379. The number of carbonyl (C=O) groups is 1. The molecule has 0 N–H and O–H groups in total. The Morgan fingerprint density at radius 3 is 2.67 bits per heavy atom. The summed E-state index contributed by atoms with van der Waals surface area (Å²) < 4.78 is 5.36. The summed E-state index contributed by atoms with van der Waals surface area (Å²) in [6.45, 7) is 9.63. The van der Waals surface area contributed by atoms with Gasteiger partial charge in [-0.25, -0.2) is 4.79 Å². The van der Waals surface area contributed by atoms with Crippen LogP contribution in [0.1, 0.15) is 47.0 Å². The third kappa shape index (κ3) is 4.10. The number of rotatable bonds is 1. The van der Waals surface area contributed by atoms with E-state index in [0.29, 0.717) is 5.92 Å². The average molecular weight is 213 g/mol. The van der Waals surface area contributed by atoms with Crippen LogP contribution in [-0.4, -0.2) is 29.7 Å². The number of nitrogens with zero attached hydrogens (tertiary/aromatic N) is 1. The zero-order valence-corrected chi connectivity index (χ0v) is 10.4. The largest absolute Gasteiger partial charge is 0.444 e. The molecule has 1 amide bonds. The molecule has 1 fully saturated rings. The molecular formula is C12H23NO2. The Morgan fingerprint density at radius 2 is 2.13 bits per heavy atom. The first-order valence-electron chi connectivity index (χ1n) is 5.90. The minimum Gasteiger partial charge on any atom is -0.444 e. The lowest BCUT2D eigenvalue weighted by atomic mass is 9.96. The monoisotopic (exact) mass is 213 g/mol. The van der Waals surface area contributed by atoms with Crippen molar-refractivity contribution >= 4 is 6.09 Å². The Hall–Kier alpha value is -0.730. The van der Waals surface area contributed by atoms with Crippen molar-refractivity contribution in [1.29, 1.82) is 0 Å². The summed E-state index contributed by atoms with van der Waals surface area (Å²) in [7, 11) is 0. The highest BCUT2D eigenvalue weighted by atomic mass is 16.6. The summed E-state index contributed by atoms with van der Waals surface area (Å²) in [5, 5.41) is 0. The van der Waals surface area contributed by atoms with Gasteiger partial charge < -0.3 is 9.64 Å². The number of hydrogen-bond donors (Lipinski definition) is 0. The average Bonchev–Trinajstić information content (AvgIpc) is 2.15. The SMILES string of the molecule is CC[C@@H]1CCCN(C(=O)OC(C)(C)C)C1. The van der Waals surface area contributed by atoms with Crippen LogP contribution in [0.4, 0.5) is 4.79 Å². The quantitative estimate of drug-likeness (QED) is 0.670. The highest BCUT2D eigenvalue weighted by Crippen LogP contribution is 2.21. The third-order valence-corrected chi connectivity index (χ3v) is 2.75. The van der Waals surface area contributed by atoms with Gasteiger partial charge >= 0.3 is 6.09 Å². The molecular weight excluding hydrogens is 190 g/mol. The molecule has 0 aromatic carbocycles. The van der Waals surface area contributed by atoms with Crippen molar-refractivity contribution in [3.05, 3.63) is 0 Å². The van der Waals surface area contributed by atoms with Crippen LogP contribution in [0.5, 0.6) is 0 Å². The first kappa shape index (κ1) is 12.3. The van der Waals surface area contributed by atoms with E-state index in [2.05, 4.69) is 6.92 Å². The van der Waals surface area contributed by atoms with E-state index in [-0.39, 0.29) is 11.7 Å². The minimum atomic E-state index is -0.379. The van der Waals surface area contributed by atoms with E-state index in [1.54, 1.807) is 0 Å². The first-order chi connectivity index (χ1) is 6.92. The Bertz CT molecular complexity index is 220. The van der Waals surface area contributed by atoms with Crippen molar-refractivity contribution in [3.8, 4) is 0 Å². The van der Waals surface area contributed by atoms with Crippen LogP contribution in [0.25, 0.3) is 0 Å². The van der Waals surface area contributed by atoms with E-state index in [0.717, 1.165) is 25.9 Å². The van der Waals surface area contributed by atoms with Crippen LogP contribution in [0.2, 0.25) is 0 Å². The second-order valence-electron chi connectivity index (χ2n) is 5.34. The summed E-state index contributed by atoms with van der Waals surface area (Å²) in [6, 6.07) is 0. The predicted molar refractivity (Wildman–Crippen MR) is 60.8 cm³/mol. The maximum absolute atomic E-state index is 11.8. The van der Waals surface area contributed by atoms with E-state index in [4.69, 9.17) is 4.74 Å². The number of piperidine rings is 1. The lowest BCUT2D eigenvalue weighted by Gasteiger charge is -2.33. The van der Waals surface area contributed by atoms with Gasteiger partial charge in [0.05, 0.1) is 0 Å². The zero-order valence-electron chi connectivity index (χ0n) is 10.4. The lowest BCUT2D eigenvalue weighted by molar-refractivity contribution is 0.0164. The minimum absolute atomic E-state index is 0.152. The van der Waals surface area contributed by atoms with Gasteiger partial charge in [0.25, 0.3) is 0 Å². The van der Waals surface area contributed by atoms with E-state index < -0.39 is 0 Å². The molecule has 0 aromatic rings. The Balaban J connectivity index is 2.45. The van der Waals surface area contributed by atoms with Gasteiger partial charge in [0.2, 0.25) is 0 Å². The number of hydrogen-bond acceptors (Lipinski definition) is 2. The molecule has 1 aliphatic rings. The molecule has 1 atom stereocenters. The number of amides is 1. The maximum Gasteiger partial charge on any atom is 0.410 e. The summed E-state index contributed by atoms with van der Waals surface area (Å²) in [6.07, 6.45) is 3.35. The number of likely N-dealkylation sites (tertiary alicyclic amines) is 1. The normalized spacial score (nSPS) is 22.7. The molecule has 1 saturated heterocycles. The van der Waals surface area contributed by atoms with Crippen molar-refractivity contribution in [1.82, 2.24) is 4.90 Å². The molecule has 3 nitrogen and oxygen atoms in total. The Kier molecular flexibility index (Phi) is 4.00. The van der Waals surface area contributed by atoms with Crippen LogP contribution in [0.3, 0.4) is 0 Å². The molecule has 1 aliphatic heterocycles. The van der Waals surface area contributed by atoms with Gasteiger partial charge in [-0.2, -0.15) is 0 Å². The second kappa shape index (κ2) is 4.86. The van der Waals surface area contributed by atoms with Crippen LogP contribution < -0.4 is 0 Å². The topological polar surface area (TPSA) is 29.5 Å². The zero-order chi connectivity index (χ0) is 11.5. The van der Waals surface area contributed by atoms with E-state index in [1.165, 1.54) is 6.42 Å². The van der Waals surface area contributed by atoms with E-state index in [9.17, 15) is 4.79 Å². The second-order valence-corrected chi connectivity index (χ2v) is 5.34.